The zero-order valence-corrected chi connectivity index (χ0v) is 10.3. The molecule has 17 heavy (non-hydrogen) atoms. The molecule has 0 spiro atoms. The maximum absolute atomic E-state index is 11.5. The molecule has 0 aromatic heterocycles. The van der Waals surface area contributed by atoms with E-state index in [1.54, 1.807) is 0 Å². The number of carbonyl (C=O) groups excluding carboxylic acids is 1. The first-order valence-corrected chi connectivity index (χ1v) is 5.81. The van der Waals surface area contributed by atoms with Gasteiger partial charge in [0, 0.05) is 19.1 Å². The van der Waals surface area contributed by atoms with Crippen LogP contribution < -0.4 is 10.6 Å². The SMILES string of the molecule is CCC(CC(=O)O)NC(=O)COC1(C)CNC1. The molecule has 6 nitrogen and oxygen atoms in total. The van der Waals surface area contributed by atoms with Crippen molar-refractivity contribution in [3.8, 4) is 0 Å². The lowest BCUT2D eigenvalue weighted by molar-refractivity contribution is -0.139. The molecule has 1 fully saturated rings. The molecular weight excluding hydrogens is 224 g/mol. The van der Waals surface area contributed by atoms with Gasteiger partial charge >= 0.3 is 5.97 Å². The van der Waals surface area contributed by atoms with E-state index in [0.717, 1.165) is 13.1 Å². The molecule has 0 aromatic carbocycles. The molecule has 0 radical (unpaired) electrons. The van der Waals surface area contributed by atoms with E-state index in [1.807, 2.05) is 13.8 Å². The van der Waals surface area contributed by atoms with E-state index in [1.165, 1.54) is 0 Å². The smallest absolute Gasteiger partial charge is 0.305 e. The first-order valence-electron chi connectivity index (χ1n) is 5.81. The van der Waals surface area contributed by atoms with Gasteiger partial charge in [0.25, 0.3) is 0 Å². The van der Waals surface area contributed by atoms with Crippen LogP contribution in [-0.4, -0.2) is 48.3 Å². The minimum absolute atomic E-state index is 0.0195. The lowest BCUT2D eigenvalue weighted by atomic mass is 10.0. The maximum atomic E-state index is 11.5. The number of nitrogens with one attached hydrogen (secondary N) is 2. The number of hydrogen-bond acceptors (Lipinski definition) is 4. The Hall–Kier alpha value is -1.14. The Kier molecular flexibility index (Phi) is 4.89. The summed E-state index contributed by atoms with van der Waals surface area (Å²) in [5.41, 5.74) is -0.258. The van der Waals surface area contributed by atoms with E-state index < -0.39 is 5.97 Å². The van der Waals surface area contributed by atoms with Crippen molar-refractivity contribution in [1.82, 2.24) is 10.6 Å². The highest BCUT2D eigenvalue weighted by atomic mass is 16.5. The van der Waals surface area contributed by atoms with E-state index in [-0.39, 0.29) is 30.6 Å². The van der Waals surface area contributed by atoms with Crippen molar-refractivity contribution in [3.05, 3.63) is 0 Å². The van der Waals surface area contributed by atoms with Gasteiger partial charge in [-0.05, 0) is 13.3 Å². The monoisotopic (exact) mass is 244 g/mol. The van der Waals surface area contributed by atoms with E-state index in [4.69, 9.17) is 9.84 Å². The van der Waals surface area contributed by atoms with Crippen LogP contribution in [0.15, 0.2) is 0 Å². The lowest BCUT2D eigenvalue weighted by Crippen LogP contribution is -2.59. The van der Waals surface area contributed by atoms with Crippen LogP contribution in [0.25, 0.3) is 0 Å². The van der Waals surface area contributed by atoms with Gasteiger partial charge in [0.1, 0.15) is 6.61 Å². The number of rotatable bonds is 7. The van der Waals surface area contributed by atoms with Gasteiger partial charge in [-0.3, -0.25) is 9.59 Å². The predicted octanol–water partition coefficient (Wildman–Crippen LogP) is -0.266. The molecule has 0 saturated carbocycles. The van der Waals surface area contributed by atoms with Crippen LogP contribution in [0.5, 0.6) is 0 Å². The highest BCUT2D eigenvalue weighted by Crippen LogP contribution is 2.14. The number of hydrogen-bond donors (Lipinski definition) is 3. The third-order valence-electron chi connectivity index (χ3n) is 2.83. The van der Waals surface area contributed by atoms with Gasteiger partial charge in [-0.1, -0.05) is 6.92 Å². The van der Waals surface area contributed by atoms with Gasteiger partial charge < -0.3 is 20.5 Å². The van der Waals surface area contributed by atoms with Crippen molar-refractivity contribution in [3.63, 3.8) is 0 Å². The van der Waals surface area contributed by atoms with Crippen LogP contribution in [0.1, 0.15) is 26.7 Å². The molecular formula is C11H20N2O4. The molecule has 0 aliphatic carbocycles. The molecule has 1 atom stereocenters. The average Bonchev–Trinajstić information content (AvgIpc) is 2.22. The van der Waals surface area contributed by atoms with E-state index in [9.17, 15) is 9.59 Å². The second-order valence-corrected chi connectivity index (χ2v) is 4.61. The van der Waals surface area contributed by atoms with Crippen LogP contribution in [0.2, 0.25) is 0 Å². The maximum Gasteiger partial charge on any atom is 0.305 e. The Morgan fingerprint density at radius 2 is 2.18 bits per heavy atom. The molecule has 98 valence electrons. The van der Waals surface area contributed by atoms with E-state index in [2.05, 4.69) is 10.6 Å². The minimum atomic E-state index is -0.909. The molecule has 1 amide bonds. The average molecular weight is 244 g/mol. The largest absolute Gasteiger partial charge is 0.481 e. The number of carboxylic acids is 1. The summed E-state index contributed by atoms with van der Waals surface area (Å²) < 4.78 is 5.46. The van der Waals surface area contributed by atoms with Crippen LogP contribution in [-0.2, 0) is 14.3 Å². The number of amides is 1. The summed E-state index contributed by atoms with van der Waals surface area (Å²) in [5.74, 6) is -1.17. The molecule has 3 N–H and O–H groups in total. The Morgan fingerprint density at radius 3 is 2.59 bits per heavy atom. The molecule has 1 saturated heterocycles. The lowest BCUT2D eigenvalue weighted by Gasteiger charge is -2.38. The van der Waals surface area contributed by atoms with Crippen LogP contribution >= 0.6 is 0 Å². The quantitative estimate of drug-likeness (QED) is 0.574. The summed E-state index contributed by atoms with van der Waals surface area (Å²) in [6.45, 7) is 5.24. The van der Waals surface area contributed by atoms with Gasteiger partial charge in [-0.2, -0.15) is 0 Å². The van der Waals surface area contributed by atoms with Crippen molar-refractivity contribution in [2.75, 3.05) is 19.7 Å². The standard InChI is InChI=1S/C11H20N2O4/c1-3-8(4-10(15)16)13-9(14)5-17-11(2)6-12-7-11/h8,12H,3-7H2,1-2H3,(H,13,14)(H,15,16). The zero-order valence-electron chi connectivity index (χ0n) is 10.3. The third kappa shape index (κ3) is 4.70. The van der Waals surface area contributed by atoms with Gasteiger partial charge in [0.15, 0.2) is 0 Å². The Labute approximate surface area is 101 Å². The predicted molar refractivity (Wildman–Crippen MR) is 61.7 cm³/mol. The van der Waals surface area contributed by atoms with Crippen LogP contribution in [0, 0.1) is 0 Å². The first kappa shape index (κ1) is 13.9. The molecule has 0 aromatic rings. The summed E-state index contributed by atoms with van der Waals surface area (Å²) in [6.07, 6.45) is 0.540. The molecule has 1 heterocycles. The van der Waals surface area contributed by atoms with Crippen molar-refractivity contribution >= 4 is 11.9 Å². The van der Waals surface area contributed by atoms with Crippen molar-refractivity contribution in [2.24, 2.45) is 0 Å². The normalized spacial score (nSPS) is 19.2. The Bertz CT molecular complexity index is 289. The third-order valence-corrected chi connectivity index (χ3v) is 2.83. The summed E-state index contributed by atoms with van der Waals surface area (Å²) in [4.78, 5) is 22.1. The zero-order chi connectivity index (χ0) is 12.9. The highest BCUT2D eigenvalue weighted by molar-refractivity contribution is 5.78. The summed E-state index contributed by atoms with van der Waals surface area (Å²) in [6, 6.07) is -0.323. The summed E-state index contributed by atoms with van der Waals surface area (Å²) in [5, 5.41) is 14.4. The molecule has 1 aliphatic rings. The van der Waals surface area contributed by atoms with Gasteiger partial charge in [0.2, 0.25) is 5.91 Å². The topological polar surface area (TPSA) is 87.7 Å². The van der Waals surface area contributed by atoms with Crippen LogP contribution in [0.3, 0.4) is 0 Å². The van der Waals surface area contributed by atoms with Crippen molar-refractivity contribution in [1.29, 1.82) is 0 Å². The minimum Gasteiger partial charge on any atom is -0.481 e. The fraction of sp³-hybridized carbons (Fsp3) is 0.818. The first-order chi connectivity index (χ1) is 7.95. The number of carbonyl (C=O) groups is 2. The fourth-order valence-corrected chi connectivity index (χ4v) is 1.60. The van der Waals surface area contributed by atoms with Gasteiger partial charge in [0.05, 0.1) is 12.0 Å². The van der Waals surface area contributed by atoms with Crippen molar-refractivity contribution < 1.29 is 19.4 Å². The fourth-order valence-electron chi connectivity index (χ4n) is 1.60. The van der Waals surface area contributed by atoms with E-state index >= 15 is 0 Å². The summed E-state index contributed by atoms with van der Waals surface area (Å²) >= 11 is 0. The highest BCUT2D eigenvalue weighted by Gasteiger charge is 2.33. The Balaban J connectivity index is 2.24. The van der Waals surface area contributed by atoms with Crippen molar-refractivity contribution in [2.45, 2.75) is 38.3 Å². The second-order valence-electron chi connectivity index (χ2n) is 4.61. The second kappa shape index (κ2) is 5.97. The summed E-state index contributed by atoms with van der Waals surface area (Å²) in [7, 11) is 0. The van der Waals surface area contributed by atoms with Gasteiger partial charge in [-0.15, -0.1) is 0 Å². The molecule has 0 bridgehead atoms. The molecule has 1 unspecified atom stereocenters. The molecule has 6 heteroatoms. The van der Waals surface area contributed by atoms with Gasteiger partial charge in [-0.25, -0.2) is 0 Å². The van der Waals surface area contributed by atoms with E-state index in [0.29, 0.717) is 6.42 Å². The number of aliphatic carboxylic acids is 1. The number of ether oxygens (including phenoxy) is 1. The number of carboxylic acid groups (broad SMARTS) is 1. The molecule has 1 rings (SSSR count). The molecule has 1 aliphatic heterocycles. The van der Waals surface area contributed by atoms with Crippen LogP contribution in [0.4, 0.5) is 0 Å². The Morgan fingerprint density at radius 1 is 1.53 bits per heavy atom.